The molecule has 2 aromatic rings. The van der Waals surface area contributed by atoms with Crippen LogP contribution in [0.25, 0.3) is 11.4 Å². The molecule has 26 heavy (non-hydrogen) atoms. The fourth-order valence-electron chi connectivity index (χ4n) is 3.62. The van der Waals surface area contributed by atoms with E-state index >= 15 is 0 Å². The van der Waals surface area contributed by atoms with Gasteiger partial charge in [0.05, 0.1) is 13.2 Å². The quantitative estimate of drug-likeness (QED) is 0.656. The van der Waals surface area contributed by atoms with E-state index in [9.17, 15) is 0 Å². The van der Waals surface area contributed by atoms with Crippen LogP contribution in [0.15, 0.2) is 33.8 Å². The van der Waals surface area contributed by atoms with Crippen molar-refractivity contribution >= 4 is 17.6 Å². The third-order valence-electron chi connectivity index (χ3n) is 5.10. The van der Waals surface area contributed by atoms with Crippen LogP contribution in [0, 0.1) is 5.41 Å². The summed E-state index contributed by atoms with van der Waals surface area (Å²) >= 11 is 5.91. The highest BCUT2D eigenvalue weighted by Gasteiger charge is 2.42. The molecule has 138 valence electrons. The van der Waals surface area contributed by atoms with Gasteiger partial charge in [-0.2, -0.15) is 4.98 Å². The number of aliphatic imine (C=N–C) groups is 1. The fourth-order valence-corrected chi connectivity index (χ4v) is 3.74. The molecule has 0 amide bonds. The van der Waals surface area contributed by atoms with Gasteiger partial charge in [-0.05, 0) is 37.1 Å². The van der Waals surface area contributed by atoms with E-state index in [1.54, 1.807) is 7.05 Å². The Morgan fingerprint density at radius 1 is 1.35 bits per heavy atom. The van der Waals surface area contributed by atoms with Gasteiger partial charge in [-0.25, -0.2) is 0 Å². The van der Waals surface area contributed by atoms with Crippen molar-refractivity contribution in [1.29, 1.82) is 0 Å². The average Bonchev–Trinajstić information content (AvgIpc) is 3.39. The number of halogens is 1. The highest BCUT2D eigenvalue weighted by atomic mass is 35.5. The van der Waals surface area contributed by atoms with Crippen molar-refractivity contribution in [3.05, 3.63) is 35.2 Å². The summed E-state index contributed by atoms with van der Waals surface area (Å²) in [7, 11) is 1.80. The van der Waals surface area contributed by atoms with Gasteiger partial charge in [0.1, 0.15) is 0 Å². The van der Waals surface area contributed by atoms with Crippen LogP contribution >= 0.6 is 11.6 Å². The molecule has 8 heteroatoms. The summed E-state index contributed by atoms with van der Waals surface area (Å²) in [6, 6.07) is 7.36. The molecule has 2 aliphatic heterocycles. The number of hydrogen-bond donors (Lipinski definition) is 1. The lowest BCUT2D eigenvalue weighted by molar-refractivity contribution is 0.156. The van der Waals surface area contributed by atoms with Gasteiger partial charge in [0, 0.05) is 42.7 Å². The summed E-state index contributed by atoms with van der Waals surface area (Å²) in [5.74, 6) is 1.94. The molecule has 2 fully saturated rings. The van der Waals surface area contributed by atoms with Crippen LogP contribution in [0.3, 0.4) is 0 Å². The van der Waals surface area contributed by atoms with E-state index in [1.165, 1.54) is 0 Å². The predicted octanol–water partition coefficient (Wildman–Crippen LogP) is 2.58. The second kappa shape index (κ2) is 7.25. The third kappa shape index (κ3) is 3.54. The summed E-state index contributed by atoms with van der Waals surface area (Å²) in [5.41, 5.74) is 1.17. The van der Waals surface area contributed by atoms with Gasteiger partial charge in [0.2, 0.25) is 11.7 Å². The number of likely N-dealkylation sites (tertiary alicyclic amines) is 1. The smallest absolute Gasteiger partial charge is 0.246 e. The predicted molar refractivity (Wildman–Crippen MR) is 99.0 cm³/mol. The summed E-state index contributed by atoms with van der Waals surface area (Å²) < 4.78 is 10.9. The van der Waals surface area contributed by atoms with E-state index in [0.717, 1.165) is 50.7 Å². The van der Waals surface area contributed by atoms with Crippen LogP contribution in [-0.2, 0) is 11.3 Å². The van der Waals surface area contributed by atoms with Gasteiger partial charge in [-0.1, -0.05) is 16.8 Å². The Bertz CT molecular complexity index is 783. The van der Waals surface area contributed by atoms with Crippen molar-refractivity contribution in [3.8, 4) is 11.4 Å². The van der Waals surface area contributed by atoms with E-state index in [4.69, 9.17) is 20.9 Å². The molecule has 0 bridgehead atoms. The third-order valence-corrected chi connectivity index (χ3v) is 5.35. The van der Waals surface area contributed by atoms with Gasteiger partial charge < -0.3 is 19.5 Å². The van der Waals surface area contributed by atoms with Crippen LogP contribution in [0.5, 0.6) is 0 Å². The first-order valence-corrected chi connectivity index (χ1v) is 9.17. The standard InChI is InChI=1S/C18H22ClN5O2/c1-20-17(24-8-6-18(11-24)7-9-25-12-18)21-10-15-22-16(23-26-15)13-2-4-14(19)5-3-13/h2-5H,6-12H2,1H3,(H,20,21). The van der Waals surface area contributed by atoms with Crippen molar-refractivity contribution in [2.24, 2.45) is 10.4 Å². The lowest BCUT2D eigenvalue weighted by Crippen LogP contribution is -2.41. The van der Waals surface area contributed by atoms with Gasteiger partial charge in [-0.15, -0.1) is 0 Å². The maximum Gasteiger partial charge on any atom is 0.246 e. The fraction of sp³-hybridized carbons (Fsp3) is 0.500. The Morgan fingerprint density at radius 3 is 2.92 bits per heavy atom. The first kappa shape index (κ1) is 17.3. The molecule has 2 saturated heterocycles. The molecule has 7 nitrogen and oxygen atoms in total. The van der Waals surface area contributed by atoms with Crippen LogP contribution in [0.2, 0.25) is 5.02 Å². The molecule has 0 aliphatic carbocycles. The zero-order valence-electron chi connectivity index (χ0n) is 14.7. The minimum atomic E-state index is 0.295. The number of nitrogens with one attached hydrogen (secondary N) is 1. The van der Waals surface area contributed by atoms with Gasteiger partial charge >= 0.3 is 0 Å². The van der Waals surface area contributed by atoms with Crippen molar-refractivity contribution in [2.75, 3.05) is 33.4 Å². The van der Waals surface area contributed by atoms with Crippen molar-refractivity contribution in [1.82, 2.24) is 20.4 Å². The molecule has 1 N–H and O–H groups in total. The number of ether oxygens (including phenoxy) is 1. The van der Waals surface area contributed by atoms with Crippen LogP contribution < -0.4 is 5.32 Å². The molecule has 1 spiro atoms. The van der Waals surface area contributed by atoms with Crippen LogP contribution in [-0.4, -0.2) is 54.4 Å². The summed E-state index contributed by atoms with van der Waals surface area (Å²) in [5, 5.41) is 8.04. The minimum Gasteiger partial charge on any atom is -0.381 e. The van der Waals surface area contributed by atoms with E-state index in [0.29, 0.717) is 28.7 Å². The molecular formula is C18H22ClN5O2. The van der Waals surface area contributed by atoms with Gasteiger partial charge in [0.25, 0.3) is 0 Å². The molecule has 1 atom stereocenters. The van der Waals surface area contributed by atoms with Crippen molar-refractivity contribution < 1.29 is 9.26 Å². The van der Waals surface area contributed by atoms with Crippen LogP contribution in [0.1, 0.15) is 18.7 Å². The Hall–Kier alpha value is -2.12. The number of rotatable bonds is 3. The highest BCUT2D eigenvalue weighted by Crippen LogP contribution is 2.38. The minimum absolute atomic E-state index is 0.295. The topological polar surface area (TPSA) is 75.8 Å². The maximum atomic E-state index is 5.91. The molecular weight excluding hydrogens is 354 g/mol. The average molecular weight is 376 g/mol. The van der Waals surface area contributed by atoms with Crippen molar-refractivity contribution in [2.45, 2.75) is 19.4 Å². The Balaban J connectivity index is 1.37. The molecule has 1 aromatic carbocycles. The van der Waals surface area contributed by atoms with Crippen molar-refractivity contribution in [3.63, 3.8) is 0 Å². The normalized spacial score (nSPS) is 23.2. The zero-order valence-corrected chi connectivity index (χ0v) is 15.5. The number of nitrogens with zero attached hydrogens (tertiary/aromatic N) is 4. The van der Waals surface area contributed by atoms with E-state index in [2.05, 4.69) is 25.3 Å². The summed E-state index contributed by atoms with van der Waals surface area (Å²) in [4.78, 5) is 11.1. The molecule has 0 saturated carbocycles. The molecule has 0 radical (unpaired) electrons. The Morgan fingerprint density at radius 2 is 2.19 bits per heavy atom. The highest BCUT2D eigenvalue weighted by molar-refractivity contribution is 6.30. The second-order valence-electron chi connectivity index (χ2n) is 6.89. The largest absolute Gasteiger partial charge is 0.381 e. The van der Waals surface area contributed by atoms with Gasteiger partial charge in [0.15, 0.2) is 5.96 Å². The molecule has 4 rings (SSSR count). The molecule has 1 unspecified atom stereocenters. The monoisotopic (exact) mass is 375 g/mol. The lowest BCUT2D eigenvalue weighted by Gasteiger charge is -2.24. The lowest BCUT2D eigenvalue weighted by atomic mass is 9.87. The molecule has 3 heterocycles. The first-order chi connectivity index (χ1) is 12.7. The first-order valence-electron chi connectivity index (χ1n) is 8.79. The SMILES string of the molecule is CN=C(NCc1nc(-c2ccc(Cl)cc2)no1)N1CCC2(CCOC2)C1. The van der Waals surface area contributed by atoms with Gasteiger partial charge in [-0.3, -0.25) is 4.99 Å². The second-order valence-corrected chi connectivity index (χ2v) is 7.33. The zero-order chi connectivity index (χ0) is 18.0. The maximum absolute atomic E-state index is 5.91. The number of benzene rings is 1. The Kier molecular flexibility index (Phi) is 4.82. The number of guanidine groups is 1. The summed E-state index contributed by atoms with van der Waals surface area (Å²) in [6.07, 6.45) is 2.28. The van der Waals surface area contributed by atoms with E-state index < -0.39 is 0 Å². The summed E-state index contributed by atoms with van der Waals surface area (Å²) in [6.45, 7) is 4.13. The molecule has 1 aromatic heterocycles. The van der Waals surface area contributed by atoms with E-state index in [1.807, 2.05) is 24.3 Å². The number of aromatic nitrogens is 2. The van der Waals surface area contributed by atoms with E-state index in [-0.39, 0.29) is 0 Å². The van der Waals surface area contributed by atoms with Crippen LogP contribution in [0.4, 0.5) is 0 Å². The number of hydrogen-bond acceptors (Lipinski definition) is 5. The molecule has 2 aliphatic rings. The Labute approximate surface area is 157 Å².